The van der Waals surface area contributed by atoms with Gasteiger partial charge in [-0.15, -0.1) is 0 Å². The number of carbonyl (C=O) groups is 2. The summed E-state index contributed by atoms with van der Waals surface area (Å²) in [6.45, 7) is 5.13. The molecule has 0 radical (unpaired) electrons. The zero-order valence-electron chi connectivity index (χ0n) is 15.2. The summed E-state index contributed by atoms with van der Waals surface area (Å²) in [6.07, 6.45) is 3.73. The van der Waals surface area contributed by atoms with Crippen molar-refractivity contribution in [2.45, 2.75) is 38.2 Å². The van der Waals surface area contributed by atoms with Crippen molar-refractivity contribution >= 4 is 34.5 Å². The monoisotopic (exact) mass is 476 g/mol. The molecule has 0 aromatic heterocycles. The predicted molar refractivity (Wildman–Crippen MR) is 112 cm³/mol. The highest BCUT2D eigenvalue weighted by molar-refractivity contribution is 14.1. The first-order valence-electron chi connectivity index (χ1n) is 8.87. The molecule has 0 spiro atoms. The van der Waals surface area contributed by atoms with E-state index in [9.17, 15) is 9.59 Å². The Bertz CT molecular complexity index is 847. The van der Waals surface area contributed by atoms with Crippen molar-refractivity contribution in [3.05, 3.63) is 75.4 Å². The Balaban J connectivity index is 1.75. The summed E-state index contributed by atoms with van der Waals surface area (Å²) < 4.78 is 12.3. The number of ether oxygens (including phenoxy) is 2. The van der Waals surface area contributed by atoms with Gasteiger partial charge in [0.15, 0.2) is 0 Å². The highest BCUT2D eigenvalue weighted by atomic mass is 127. The van der Waals surface area contributed by atoms with Crippen LogP contribution in [0.3, 0.4) is 0 Å². The van der Waals surface area contributed by atoms with Crippen LogP contribution < -0.4 is 4.74 Å². The van der Waals surface area contributed by atoms with Crippen LogP contribution in [0.25, 0.3) is 0 Å². The van der Waals surface area contributed by atoms with E-state index in [1.807, 2.05) is 24.3 Å². The van der Waals surface area contributed by atoms with Gasteiger partial charge in [-0.25, -0.2) is 9.59 Å². The molecule has 0 heterocycles. The van der Waals surface area contributed by atoms with Gasteiger partial charge in [-0.3, -0.25) is 0 Å². The lowest BCUT2D eigenvalue weighted by molar-refractivity contribution is -0.130. The quantitative estimate of drug-likeness (QED) is 0.251. The molecule has 140 valence electrons. The highest BCUT2D eigenvalue weighted by Gasteiger charge is 2.39. The van der Waals surface area contributed by atoms with Gasteiger partial charge in [-0.2, -0.15) is 0 Å². The maximum absolute atomic E-state index is 12.7. The molecule has 2 aromatic rings. The van der Waals surface area contributed by atoms with Crippen LogP contribution in [0, 0.1) is 3.57 Å². The summed E-state index contributed by atoms with van der Waals surface area (Å²) in [5.74, 6) is -0.491. The molecule has 5 heteroatoms. The third kappa shape index (κ3) is 4.58. The van der Waals surface area contributed by atoms with E-state index in [0.717, 1.165) is 34.8 Å². The lowest BCUT2D eigenvalue weighted by Gasteiger charge is -2.29. The number of benzene rings is 2. The molecule has 4 nitrogen and oxygen atoms in total. The predicted octanol–water partition coefficient (Wildman–Crippen LogP) is 5.40. The summed E-state index contributed by atoms with van der Waals surface area (Å²) in [4.78, 5) is 24.3. The first-order valence-corrected chi connectivity index (χ1v) is 9.95. The number of halogens is 1. The van der Waals surface area contributed by atoms with E-state index in [2.05, 4.69) is 29.2 Å². The van der Waals surface area contributed by atoms with E-state index in [1.165, 1.54) is 0 Å². The molecule has 0 amide bonds. The summed E-state index contributed by atoms with van der Waals surface area (Å²) in [5.41, 5.74) is 1.23. The second-order valence-electron chi connectivity index (χ2n) is 6.79. The van der Waals surface area contributed by atoms with Crippen molar-refractivity contribution in [1.29, 1.82) is 0 Å². The summed E-state index contributed by atoms with van der Waals surface area (Å²) in [6, 6.07) is 14.6. The fourth-order valence-corrected chi connectivity index (χ4v) is 3.60. The molecule has 0 saturated heterocycles. The first kappa shape index (κ1) is 19.6. The van der Waals surface area contributed by atoms with Crippen LogP contribution in [0.4, 0.5) is 0 Å². The maximum Gasteiger partial charge on any atom is 0.339 e. The number of hydrogen-bond acceptors (Lipinski definition) is 4. The molecule has 1 aliphatic rings. The van der Waals surface area contributed by atoms with Crippen LogP contribution in [0.2, 0.25) is 0 Å². The van der Waals surface area contributed by atoms with E-state index < -0.39 is 11.6 Å². The molecule has 1 fully saturated rings. The third-order valence-electron chi connectivity index (χ3n) is 4.72. The van der Waals surface area contributed by atoms with Crippen molar-refractivity contribution in [2.24, 2.45) is 0 Å². The van der Waals surface area contributed by atoms with Crippen molar-refractivity contribution in [2.75, 3.05) is 0 Å². The number of carbonyl (C=O) groups excluding carboxylic acids is 2. The molecule has 1 saturated carbocycles. The molecule has 0 N–H and O–H groups in total. The smallest absolute Gasteiger partial charge is 0.339 e. The lowest BCUT2D eigenvalue weighted by Crippen LogP contribution is -2.29. The molecule has 0 bridgehead atoms. The zero-order chi connectivity index (χ0) is 19.4. The lowest BCUT2D eigenvalue weighted by atomic mass is 9.92. The van der Waals surface area contributed by atoms with Crippen LogP contribution in [-0.2, 0) is 15.1 Å². The van der Waals surface area contributed by atoms with Gasteiger partial charge in [0.05, 0.1) is 5.56 Å². The van der Waals surface area contributed by atoms with E-state index in [0.29, 0.717) is 16.9 Å². The van der Waals surface area contributed by atoms with Gasteiger partial charge in [0, 0.05) is 9.14 Å². The molecule has 1 aliphatic carbocycles. The van der Waals surface area contributed by atoms with Crippen LogP contribution in [0.5, 0.6) is 5.75 Å². The molecule has 0 atom stereocenters. The van der Waals surface area contributed by atoms with Gasteiger partial charge in [-0.05, 0) is 97.2 Å². The summed E-state index contributed by atoms with van der Waals surface area (Å²) in [5, 5.41) is 0. The summed E-state index contributed by atoms with van der Waals surface area (Å²) >= 11 is 2.27. The largest absolute Gasteiger partial charge is 0.451 e. The van der Waals surface area contributed by atoms with Gasteiger partial charge in [-0.1, -0.05) is 18.7 Å². The zero-order valence-corrected chi connectivity index (χ0v) is 17.3. The molecular formula is C22H21IO4. The average Bonchev–Trinajstić information content (AvgIpc) is 3.12. The van der Waals surface area contributed by atoms with E-state index >= 15 is 0 Å². The van der Waals surface area contributed by atoms with Gasteiger partial charge in [0.1, 0.15) is 11.4 Å². The molecule has 0 unspecified atom stereocenters. The van der Waals surface area contributed by atoms with Gasteiger partial charge in [0.2, 0.25) is 0 Å². The van der Waals surface area contributed by atoms with Gasteiger partial charge < -0.3 is 9.47 Å². The molecular weight excluding hydrogens is 455 g/mol. The Hall–Kier alpha value is -2.15. The minimum atomic E-state index is -0.563. The maximum atomic E-state index is 12.7. The number of rotatable bonds is 5. The molecule has 0 aliphatic heterocycles. The normalized spacial score (nSPS) is 15.2. The van der Waals surface area contributed by atoms with Gasteiger partial charge in [0.25, 0.3) is 0 Å². The molecule has 27 heavy (non-hydrogen) atoms. The molecule has 2 aromatic carbocycles. The van der Waals surface area contributed by atoms with Crippen LogP contribution in [-0.4, -0.2) is 11.9 Å². The van der Waals surface area contributed by atoms with E-state index in [4.69, 9.17) is 9.47 Å². The Morgan fingerprint density at radius 3 is 2.15 bits per heavy atom. The standard InChI is InChI=1S/C22H21IO4/c1-15(2)20(24)26-19-11-5-16(6-12-19)21(25)27-22(13-3-4-14-22)17-7-9-18(23)10-8-17/h5-12H,1,3-4,13-14H2,2H3. The van der Waals surface area contributed by atoms with E-state index in [-0.39, 0.29) is 5.97 Å². The Labute approximate surface area is 172 Å². The van der Waals surface area contributed by atoms with Crippen molar-refractivity contribution in [1.82, 2.24) is 0 Å². The minimum Gasteiger partial charge on any atom is -0.451 e. The van der Waals surface area contributed by atoms with Gasteiger partial charge >= 0.3 is 11.9 Å². The average molecular weight is 476 g/mol. The van der Waals surface area contributed by atoms with Crippen molar-refractivity contribution in [3.8, 4) is 5.75 Å². The number of hydrogen-bond donors (Lipinski definition) is 0. The Morgan fingerprint density at radius 1 is 1.00 bits per heavy atom. The van der Waals surface area contributed by atoms with Crippen LogP contribution in [0.1, 0.15) is 48.5 Å². The highest BCUT2D eigenvalue weighted by Crippen LogP contribution is 2.42. The van der Waals surface area contributed by atoms with Crippen molar-refractivity contribution < 1.29 is 19.1 Å². The van der Waals surface area contributed by atoms with Crippen molar-refractivity contribution in [3.63, 3.8) is 0 Å². The minimum absolute atomic E-state index is 0.319. The fraction of sp³-hybridized carbons (Fsp3) is 0.273. The SMILES string of the molecule is C=C(C)C(=O)Oc1ccc(C(=O)OC2(c3ccc(I)cc3)CCCC2)cc1. The van der Waals surface area contributed by atoms with E-state index in [1.54, 1.807) is 31.2 Å². The van der Waals surface area contributed by atoms with Crippen LogP contribution >= 0.6 is 22.6 Å². The first-order chi connectivity index (χ1) is 12.9. The van der Waals surface area contributed by atoms with Crippen LogP contribution in [0.15, 0.2) is 60.7 Å². The summed E-state index contributed by atoms with van der Waals surface area (Å²) in [7, 11) is 0. The second kappa shape index (κ2) is 8.25. The Morgan fingerprint density at radius 2 is 1.59 bits per heavy atom. The topological polar surface area (TPSA) is 52.6 Å². The second-order valence-corrected chi connectivity index (χ2v) is 8.04. The fourth-order valence-electron chi connectivity index (χ4n) is 3.24. The number of esters is 2. The molecule has 3 rings (SSSR count). The third-order valence-corrected chi connectivity index (χ3v) is 5.44. The Kier molecular flexibility index (Phi) is 5.99.